The third kappa shape index (κ3) is 3.25. The molecule has 1 aromatic carbocycles. The lowest BCUT2D eigenvalue weighted by Crippen LogP contribution is -2.07. The number of anilines is 3. The molecule has 2 rings (SSSR count). The summed E-state index contributed by atoms with van der Waals surface area (Å²) < 4.78 is 0. The topological polar surface area (TPSA) is 107 Å². The molecule has 0 fully saturated rings. The molecule has 0 saturated heterocycles. The van der Waals surface area contributed by atoms with Gasteiger partial charge in [0.2, 0.25) is 11.8 Å². The fourth-order valence-electron chi connectivity index (χ4n) is 2.01. The number of nitrogens with two attached hydrogens (primary N) is 1. The summed E-state index contributed by atoms with van der Waals surface area (Å²) in [5, 5.41) is 14.1. The van der Waals surface area contributed by atoms with Crippen molar-refractivity contribution in [3.63, 3.8) is 0 Å². The summed E-state index contributed by atoms with van der Waals surface area (Å²) in [5.74, 6) is 0.463. The Kier molecular flexibility index (Phi) is 4.02. The van der Waals surface area contributed by atoms with Crippen LogP contribution in [-0.2, 0) is 0 Å². The fraction of sp³-hybridized carbons (Fsp3) is 0.286. The Balaban J connectivity index is 2.44. The molecule has 7 nitrogen and oxygen atoms in total. The monoisotopic (exact) mass is 287 g/mol. The van der Waals surface area contributed by atoms with Gasteiger partial charge in [-0.25, -0.2) is 4.98 Å². The first-order chi connectivity index (χ1) is 9.88. The molecule has 0 unspecified atom stereocenters. The van der Waals surface area contributed by atoms with Gasteiger partial charge in [-0.3, -0.25) is 10.1 Å². The second-order valence-corrected chi connectivity index (χ2v) is 5.03. The van der Waals surface area contributed by atoms with Gasteiger partial charge in [0.05, 0.1) is 4.92 Å². The van der Waals surface area contributed by atoms with Crippen molar-refractivity contribution in [1.82, 2.24) is 9.97 Å². The van der Waals surface area contributed by atoms with Crippen molar-refractivity contribution in [3.8, 4) is 0 Å². The quantitative estimate of drug-likeness (QED) is 0.660. The molecule has 1 aromatic heterocycles. The Morgan fingerprint density at radius 3 is 2.67 bits per heavy atom. The number of rotatable bonds is 4. The zero-order valence-corrected chi connectivity index (χ0v) is 12.1. The third-order valence-electron chi connectivity index (χ3n) is 3.07. The van der Waals surface area contributed by atoms with Crippen LogP contribution in [-0.4, -0.2) is 14.9 Å². The number of nitrogens with one attached hydrogen (secondary N) is 1. The van der Waals surface area contributed by atoms with Crippen molar-refractivity contribution in [2.24, 2.45) is 0 Å². The van der Waals surface area contributed by atoms with Gasteiger partial charge >= 0.3 is 5.69 Å². The van der Waals surface area contributed by atoms with Gasteiger partial charge in [0.15, 0.2) is 0 Å². The van der Waals surface area contributed by atoms with E-state index in [0.717, 1.165) is 11.3 Å². The molecule has 0 radical (unpaired) electrons. The molecule has 1 heterocycles. The van der Waals surface area contributed by atoms with E-state index in [1.165, 1.54) is 6.92 Å². The molecular formula is C14H17N5O2. The number of hydrogen-bond donors (Lipinski definition) is 2. The van der Waals surface area contributed by atoms with E-state index in [2.05, 4.69) is 29.1 Å². The smallest absolute Gasteiger partial charge is 0.332 e. The summed E-state index contributed by atoms with van der Waals surface area (Å²) in [6.45, 7) is 5.69. The standard InChI is InChI=1S/C14H17N5O2/c1-8(2)10-5-4-6-11(7-10)17-13-12(19(20)21)9(3)16-14(15)18-13/h4-8H,1-3H3,(H3,15,16,17,18). The number of nitrogen functional groups attached to an aromatic ring is 1. The van der Waals surface area contributed by atoms with Gasteiger partial charge in [0.1, 0.15) is 5.69 Å². The Hall–Kier alpha value is -2.70. The Bertz CT molecular complexity index is 685. The maximum atomic E-state index is 11.2. The van der Waals surface area contributed by atoms with Crippen molar-refractivity contribution in [2.45, 2.75) is 26.7 Å². The predicted molar refractivity (Wildman–Crippen MR) is 81.6 cm³/mol. The van der Waals surface area contributed by atoms with E-state index in [-0.39, 0.29) is 23.1 Å². The van der Waals surface area contributed by atoms with Crippen molar-refractivity contribution >= 4 is 23.1 Å². The summed E-state index contributed by atoms with van der Waals surface area (Å²) >= 11 is 0. The lowest BCUT2D eigenvalue weighted by Gasteiger charge is -2.11. The highest BCUT2D eigenvalue weighted by molar-refractivity contribution is 5.68. The zero-order valence-electron chi connectivity index (χ0n) is 12.1. The predicted octanol–water partition coefficient (Wildman–Crippen LogP) is 3.14. The summed E-state index contributed by atoms with van der Waals surface area (Å²) in [6, 6.07) is 7.65. The zero-order chi connectivity index (χ0) is 15.6. The highest BCUT2D eigenvalue weighted by atomic mass is 16.6. The van der Waals surface area contributed by atoms with Gasteiger partial charge in [-0.15, -0.1) is 0 Å². The SMILES string of the molecule is Cc1nc(N)nc(Nc2cccc(C(C)C)c2)c1[N+](=O)[O-]. The van der Waals surface area contributed by atoms with E-state index >= 15 is 0 Å². The number of nitro groups is 1. The average Bonchev–Trinajstić information content (AvgIpc) is 2.37. The molecule has 3 N–H and O–H groups in total. The molecule has 0 bridgehead atoms. The van der Waals surface area contributed by atoms with Crippen molar-refractivity contribution < 1.29 is 4.92 Å². The van der Waals surface area contributed by atoms with E-state index in [0.29, 0.717) is 5.92 Å². The van der Waals surface area contributed by atoms with Crippen LogP contribution < -0.4 is 11.1 Å². The normalized spacial score (nSPS) is 10.7. The van der Waals surface area contributed by atoms with Crippen molar-refractivity contribution in [3.05, 3.63) is 45.6 Å². The number of nitrogens with zero attached hydrogens (tertiary/aromatic N) is 3. The van der Waals surface area contributed by atoms with Crippen LogP contribution in [0, 0.1) is 17.0 Å². The largest absolute Gasteiger partial charge is 0.368 e. The second-order valence-electron chi connectivity index (χ2n) is 5.03. The Morgan fingerprint density at radius 1 is 1.33 bits per heavy atom. The molecule has 7 heteroatoms. The lowest BCUT2D eigenvalue weighted by atomic mass is 10.0. The first-order valence-electron chi connectivity index (χ1n) is 6.54. The van der Waals surface area contributed by atoms with Gasteiger partial charge in [0.25, 0.3) is 0 Å². The molecule has 0 aliphatic rings. The summed E-state index contributed by atoms with van der Waals surface area (Å²) in [4.78, 5) is 18.4. The van der Waals surface area contributed by atoms with E-state index in [4.69, 9.17) is 5.73 Å². The molecular weight excluding hydrogens is 270 g/mol. The highest BCUT2D eigenvalue weighted by Gasteiger charge is 2.21. The van der Waals surface area contributed by atoms with Gasteiger partial charge in [0, 0.05) is 5.69 Å². The first kappa shape index (κ1) is 14.7. The minimum Gasteiger partial charge on any atom is -0.368 e. The van der Waals surface area contributed by atoms with Crippen molar-refractivity contribution in [2.75, 3.05) is 11.1 Å². The summed E-state index contributed by atoms with van der Waals surface area (Å²) in [6.07, 6.45) is 0. The van der Waals surface area contributed by atoms with Gasteiger partial charge < -0.3 is 11.1 Å². The highest BCUT2D eigenvalue weighted by Crippen LogP contribution is 2.29. The fourth-order valence-corrected chi connectivity index (χ4v) is 2.01. The summed E-state index contributed by atoms with van der Waals surface area (Å²) in [5.41, 5.74) is 7.49. The minimum absolute atomic E-state index is 0.000569. The number of hydrogen-bond acceptors (Lipinski definition) is 6. The number of aromatic nitrogens is 2. The molecule has 0 spiro atoms. The van der Waals surface area contributed by atoms with Gasteiger partial charge in [-0.05, 0) is 30.5 Å². The van der Waals surface area contributed by atoms with Crippen LogP contribution in [0.2, 0.25) is 0 Å². The second kappa shape index (κ2) is 5.74. The van der Waals surface area contributed by atoms with Crippen molar-refractivity contribution in [1.29, 1.82) is 0 Å². The molecule has 0 amide bonds. The average molecular weight is 287 g/mol. The Labute approximate surface area is 122 Å². The van der Waals surface area contributed by atoms with Crippen LogP contribution in [0.5, 0.6) is 0 Å². The van der Waals surface area contributed by atoms with Crippen LogP contribution in [0.25, 0.3) is 0 Å². The van der Waals surface area contributed by atoms with Crippen LogP contribution in [0.15, 0.2) is 24.3 Å². The van der Waals surface area contributed by atoms with E-state index in [1.807, 2.05) is 24.3 Å². The van der Waals surface area contributed by atoms with Gasteiger partial charge in [-0.1, -0.05) is 26.0 Å². The maximum absolute atomic E-state index is 11.2. The molecule has 0 atom stereocenters. The first-order valence-corrected chi connectivity index (χ1v) is 6.54. The molecule has 0 aliphatic carbocycles. The van der Waals surface area contributed by atoms with Crippen LogP contribution in [0.1, 0.15) is 31.0 Å². The maximum Gasteiger partial charge on any atom is 0.332 e. The lowest BCUT2D eigenvalue weighted by molar-refractivity contribution is -0.385. The molecule has 21 heavy (non-hydrogen) atoms. The van der Waals surface area contributed by atoms with E-state index < -0.39 is 4.92 Å². The molecule has 2 aromatic rings. The van der Waals surface area contributed by atoms with Gasteiger partial charge in [-0.2, -0.15) is 4.98 Å². The summed E-state index contributed by atoms with van der Waals surface area (Å²) in [7, 11) is 0. The van der Waals surface area contributed by atoms with Crippen LogP contribution in [0.3, 0.4) is 0 Å². The number of aryl methyl sites for hydroxylation is 1. The number of benzene rings is 1. The molecule has 0 saturated carbocycles. The third-order valence-corrected chi connectivity index (χ3v) is 3.07. The van der Waals surface area contributed by atoms with E-state index in [1.54, 1.807) is 0 Å². The molecule has 110 valence electrons. The molecule has 0 aliphatic heterocycles. The van der Waals surface area contributed by atoms with Crippen LogP contribution >= 0.6 is 0 Å². The van der Waals surface area contributed by atoms with E-state index in [9.17, 15) is 10.1 Å². The van der Waals surface area contributed by atoms with Crippen LogP contribution in [0.4, 0.5) is 23.1 Å². The minimum atomic E-state index is -0.511. The Morgan fingerprint density at radius 2 is 2.05 bits per heavy atom.